The summed E-state index contributed by atoms with van der Waals surface area (Å²) in [6.07, 6.45) is 1.55. The molecule has 0 aromatic carbocycles. The molecule has 90 valence electrons. The maximum atomic E-state index is 5.56. The summed E-state index contributed by atoms with van der Waals surface area (Å²) in [5.41, 5.74) is 7.88. The summed E-state index contributed by atoms with van der Waals surface area (Å²) in [6, 6.07) is 1.89. The van der Waals surface area contributed by atoms with Gasteiger partial charge in [-0.15, -0.1) is 10.2 Å². The van der Waals surface area contributed by atoms with Gasteiger partial charge >= 0.3 is 0 Å². The molecule has 2 heterocycles. The fourth-order valence-electron chi connectivity index (χ4n) is 1.48. The Bertz CT molecular complexity index is 508. The molecule has 0 unspecified atom stereocenters. The maximum absolute atomic E-state index is 5.56. The lowest BCUT2D eigenvalue weighted by Crippen LogP contribution is -2.00. The lowest BCUT2D eigenvalue weighted by atomic mass is 10.2. The van der Waals surface area contributed by atoms with Crippen LogP contribution in [0.3, 0.4) is 0 Å². The van der Waals surface area contributed by atoms with Crippen LogP contribution in [-0.4, -0.2) is 26.9 Å². The first kappa shape index (κ1) is 11.7. The number of rotatable bonds is 4. The monoisotopic (exact) mass is 233 g/mol. The molecule has 0 aliphatic rings. The maximum Gasteiger partial charge on any atom is 0.249 e. The second-order valence-electron chi connectivity index (χ2n) is 3.88. The van der Waals surface area contributed by atoms with E-state index < -0.39 is 0 Å². The summed E-state index contributed by atoms with van der Waals surface area (Å²) in [5, 5.41) is 16.0. The van der Waals surface area contributed by atoms with E-state index in [0.29, 0.717) is 24.7 Å². The molecule has 2 N–H and O–H groups in total. The third kappa shape index (κ3) is 2.65. The molecule has 6 heteroatoms. The Balaban J connectivity index is 2.27. The van der Waals surface area contributed by atoms with Crippen LogP contribution in [0.2, 0.25) is 0 Å². The molecule has 17 heavy (non-hydrogen) atoms. The molecule has 2 rings (SSSR count). The quantitative estimate of drug-likeness (QED) is 0.848. The van der Waals surface area contributed by atoms with Crippen LogP contribution >= 0.6 is 0 Å². The molecular formula is C11H15N5O. The first-order chi connectivity index (χ1) is 8.20. The molecule has 0 saturated carbocycles. The largest absolute Gasteiger partial charge is 0.421 e. The predicted molar refractivity (Wildman–Crippen MR) is 62.2 cm³/mol. The van der Waals surface area contributed by atoms with E-state index in [9.17, 15) is 0 Å². The van der Waals surface area contributed by atoms with E-state index in [4.69, 9.17) is 10.2 Å². The summed E-state index contributed by atoms with van der Waals surface area (Å²) < 4.78 is 5.56. The van der Waals surface area contributed by atoms with Crippen molar-refractivity contribution in [3.63, 3.8) is 0 Å². The molecule has 0 aliphatic carbocycles. The smallest absolute Gasteiger partial charge is 0.249 e. The first-order valence-electron chi connectivity index (χ1n) is 5.54. The van der Waals surface area contributed by atoms with Crippen molar-refractivity contribution >= 4 is 0 Å². The van der Waals surface area contributed by atoms with Gasteiger partial charge in [-0.05, 0) is 32.9 Å². The zero-order chi connectivity index (χ0) is 12.3. The topological polar surface area (TPSA) is 90.7 Å². The Morgan fingerprint density at radius 1 is 1.18 bits per heavy atom. The van der Waals surface area contributed by atoms with E-state index in [-0.39, 0.29) is 0 Å². The highest BCUT2D eigenvalue weighted by atomic mass is 16.4. The van der Waals surface area contributed by atoms with Gasteiger partial charge in [-0.2, -0.15) is 10.2 Å². The van der Waals surface area contributed by atoms with Gasteiger partial charge in [0.05, 0.1) is 17.0 Å². The summed E-state index contributed by atoms with van der Waals surface area (Å²) in [7, 11) is 0. The molecule has 0 radical (unpaired) electrons. The van der Waals surface area contributed by atoms with Gasteiger partial charge < -0.3 is 10.2 Å². The summed E-state index contributed by atoms with van der Waals surface area (Å²) in [5.74, 6) is 1.10. The molecule has 0 fully saturated rings. The zero-order valence-electron chi connectivity index (χ0n) is 9.97. The lowest BCUT2D eigenvalue weighted by molar-refractivity contribution is 0.498. The molecule has 0 atom stereocenters. The normalized spacial score (nSPS) is 10.8. The fourth-order valence-corrected chi connectivity index (χ4v) is 1.48. The minimum atomic E-state index is 0.493. The van der Waals surface area contributed by atoms with E-state index in [1.807, 2.05) is 19.9 Å². The number of hydrogen-bond donors (Lipinski definition) is 1. The van der Waals surface area contributed by atoms with Crippen molar-refractivity contribution in [2.75, 3.05) is 6.54 Å². The highest BCUT2D eigenvalue weighted by Crippen LogP contribution is 2.20. The third-order valence-electron chi connectivity index (χ3n) is 2.39. The summed E-state index contributed by atoms with van der Waals surface area (Å²) in [4.78, 5) is 0. The highest BCUT2D eigenvalue weighted by molar-refractivity contribution is 5.55. The third-order valence-corrected chi connectivity index (χ3v) is 2.39. The van der Waals surface area contributed by atoms with Gasteiger partial charge in [0.25, 0.3) is 0 Å². The number of nitrogens with zero attached hydrogens (tertiary/aromatic N) is 4. The van der Waals surface area contributed by atoms with E-state index in [1.165, 1.54) is 0 Å². The van der Waals surface area contributed by atoms with Crippen LogP contribution in [0.1, 0.15) is 23.7 Å². The molecule has 0 spiro atoms. The molecule has 2 aromatic heterocycles. The molecule has 0 amide bonds. The van der Waals surface area contributed by atoms with Gasteiger partial charge in [-0.3, -0.25) is 0 Å². The van der Waals surface area contributed by atoms with Gasteiger partial charge in [-0.25, -0.2) is 0 Å². The fraction of sp³-hybridized carbons (Fsp3) is 0.455. The van der Waals surface area contributed by atoms with Crippen molar-refractivity contribution in [2.45, 2.75) is 26.7 Å². The standard InChI is InChI=1S/C11H15N5O/c1-7-6-9(8(2)14-13-7)11-16-15-10(17-11)4-3-5-12/h6H,3-5,12H2,1-2H3. The predicted octanol–water partition coefficient (Wildman–Crippen LogP) is 1.03. The highest BCUT2D eigenvalue weighted by Gasteiger charge is 2.12. The van der Waals surface area contributed by atoms with Crippen molar-refractivity contribution in [1.29, 1.82) is 0 Å². The van der Waals surface area contributed by atoms with Crippen molar-refractivity contribution in [3.8, 4) is 11.5 Å². The van der Waals surface area contributed by atoms with Crippen LogP contribution < -0.4 is 5.73 Å². The average Bonchev–Trinajstić information content (AvgIpc) is 2.78. The SMILES string of the molecule is Cc1cc(-c2nnc(CCCN)o2)c(C)nn1. The number of hydrogen-bond acceptors (Lipinski definition) is 6. The van der Waals surface area contributed by atoms with Crippen molar-refractivity contribution in [1.82, 2.24) is 20.4 Å². The minimum Gasteiger partial charge on any atom is -0.421 e. The van der Waals surface area contributed by atoms with Gasteiger partial charge in [0.1, 0.15) is 0 Å². The van der Waals surface area contributed by atoms with Crippen LogP contribution in [0, 0.1) is 13.8 Å². The van der Waals surface area contributed by atoms with Crippen molar-refractivity contribution in [3.05, 3.63) is 23.3 Å². The Hall–Kier alpha value is -1.82. The first-order valence-corrected chi connectivity index (χ1v) is 5.54. The lowest BCUT2D eigenvalue weighted by Gasteiger charge is -1.99. The molecule has 0 bridgehead atoms. The van der Waals surface area contributed by atoms with E-state index in [0.717, 1.165) is 23.4 Å². The Labute approximate surface area is 99.3 Å². The van der Waals surface area contributed by atoms with Gasteiger partial charge in [0.15, 0.2) is 0 Å². The Kier molecular flexibility index (Phi) is 3.43. The average molecular weight is 233 g/mol. The van der Waals surface area contributed by atoms with Gasteiger partial charge in [0.2, 0.25) is 11.8 Å². The Morgan fingerprint density at radius 2 is 2.00 bits per heavy atom. The summed E-state index contributed by atoms with van der Waals surface area (Å²) in [6.45, 7) is 4.36. The molecule has 0 saturated heterocycles. The van der Waals surface area contributed by atoms with E-state index in [1.54, 1.807) is 0 Å². The second kappa shape index (κ2) is 5.01. The van der Waals surface area contributed by atoms with E-state index in [2.05, 4.69) is 20.4 Å². The van der Waals surface area contributed by atoms with Crippen LogP contribution in [0.25, 0.3) is 11.5 Å². The van der Waals surface area contributed by atoms with E-state index >= 15 is 0 Å². The molecule has 0 aliphatic heterocycles. The van der Waals surface area contributed by atoms with Crippen molar-refractivity contribution < 1.29 is 4.42 Å². The van der Waals surface area contributed by atoms with Gasteiger partial charge in [-0.1, -0.05) is 0 Å². The summed E-state index contributed by atoms with van der Waals surface area (Å²) >= 11 is 0. The number of nitrogens with two attached hydrogens (primary N) is 1. The Morgan fingerprint density at radius 3 is 2.76 bits per heavy atom. The van der Waals surface area contributed by atoms with Crippen LogP contribution in [-0.2, 0) is 6.42 Å². The zero-order valence-corrected chi connectivity index (χ0v) is 9.97. The molecule has 2 aromatic rings. The van der Waals surface area contributed by atoms with Crippen LogP contribution in [0.5, 0.6) is 0 Å². The molecule has 6 nitrogen and oxygen atoms in total. The number of aryl methyl sites for hydroxylation is 3. The minimum absolute atomic E-state index is 0.493. The van der Waals surface area contributed by atoms with Gasteiger partial charge in [0, 0.05) is 6.42 Å². The van der Waals surface area contributed by atoms with Crippen LogP contribution in [0.4, 0.5) is 0 Å². The molecular weight excluding hydrogens is 218 g/mol. The number of aromatic nitrogens is 4. The van der Waals surface area contributed by atoms with Crippen LogP contribution in [0.15, 0.2) is 10.5 Å². The second-order valence-corrected chi connectivity index (χ2v) is 3.88. The van der Waals surface area contributed by atoms with Crippen molar-refractivity contribution in [2.24, 2.45) is 5.73 Å².